The first-order chi connectivity index (χ1) is 7.39. The fourth-order valence-electron chi connectivity index (χ4n) is 2.26. The normalized spacial score (nSPS) is 26.6. The first-order valence-electron chi connectivity index (χ1n) is 5.21. The van der Waals surface area contributed by atoms with E-state index in [0.29, 0.717) is 10.8 Å². The number of phenols is 1. The number of halogens is 1. The van der Waals surface area contributed by atoms with Crippen molar-refractivity contribution in [1.29, 1.82) is 0 Å². The minimum absolute atomic E-state index is 0.00712. The maximum atomic E-state index is 10.0. The predicted octanol–water partition coefficient (Wildman–Crippen LogP) is 2.50. The summed E-state index contributed by atoms with van der Waals surface area (Å²) in [6, 6.07) is 3.42. The molecule has 0 saturated heterocycles. The third-order valence-corrected chi connectivity index (χ3v) is 3.75. The third kappa shape index (κ3) is 1.55. The van der Waals surface area contributed by atoms with Crippen molar-refractivity contribution in [3.8, 4) is 11.5 Å². The maximum Gasteiger partial charge on any atom is 0.162 e. The third-order valence-electron chi connectivity index (χ3n) is 3.53. The van der Waals surface area contributed by atoms with Crippen molar-refractivity contribution in [1.82, 2.24) is 0 Å². The van der Waals surface area contributed by atoms with Crippen LogP contribution in [-0.2, 0) is 0 Å². The van der Waals surface area contributed by atoms with E-state index in [4.69, 9.17) is 22.1 Å². The molecule has 16 heavy (non-hydrogen) atoms. The van der Waals surface area contributed by atoms with Crippen LogP contribution in [0.5, 0.6) is 11.5 Å². The number of benzene rings is 1. The zero-order valence-electron chi connectivity index (χ0n) is 9.62. The number of hydrogen-bond donors (Lipinski definition) is 2. The van der Waals surface area contributed by atoms with Gasteiger partial charge in [-0.2, -0.15) is 0 Å². The minimum atomic E-state index is 0.00712. The van der Waals surface area contributed by atoms with Crippen molar-refractivity contribution in [2.24, 2.45) is 11.1 Å². The van der Waals surface area contributed by atoms with Crippen molar-refractivity contribution in [3.63, 3.8) is 0 Å². The van der Waals surface area contributed by atoms with Crippen LogP contribution >= 0.6 is 11.6 Å². The van der Waals surface area contributed by atoms with E-state index in [0.717, 1.165) is 5.56 Å². The summed E-state index contributed by atoms with van der Waals surface area (Å²) in [5.41, 5.74) is 6.78. The second-order valence-corrected chi connectivity index (χ2v) is 5.31. The zero-order valence-corrected chi connectivity index (χ0v) is 10.4. The minimum Gasteiger partial charge on any atom is -0.504 e. The molecule has 1 aliphatic rings. The maximum absolute atomic E-state index is 10.0. The first kappa shape index (κ1) is 11.6. The molecular weight excluding hydrogens is 226 g/mol. The van der Waals surface area contributed by atoms with Crippen LogP contribution in [0.25, 0.3) is 0 Å². The second kappa shape index (κ2) is 3.54. The van der Waals surface area contributed by atoms with Gasteiger partial charge in [-0.25, -0.2) is 0 Å². The quantitative estimate of drug-likeness (QED) is 0.837. The topological polar surface area (TPSA) is 55.5 Å². The number of hydrogen-bond acceptors (Lipinski definition) is 3. The van der Waals surface area contributed by atoms with Crippen molar-refractivity contribution < 1.29 is 9.84 Å². The van der Waals surface area contributed by atoms with Crippen molar-refractivity contribution >= 4 is 11.6 Å². The molecule has 1 aliphatic carbocycles. The monoisotopic (exact) mass is 241 g/mol. The number of nitrogens with two attached hydrogens (primary N) is 1. The standard InChI is InChI=1S/C12H16ClNO2/c1-12(2)9(11(12)14)7-4-6(13)5-8(16-3)10(7)15/h4-5,9,11,15H,14H2,1-3H3. The molecule has 0 aromatic heterocycles. The van der Waals surface area contributed by atoms with E-state index in [1.54, 1.807) is 12.1 Å². The Labute approximate surface area is 100 Å². The summed E-state index contributed by atoms with van der Waals surface area (Å²) >= 11 is 5.98. The number of phenolic OH excluding ortho intramolecular Hbond substituents is 1. The molecule has 2 rings (SSSR count). The van der Waals surface area contributed by atoms with E-state index in [1.165, 1.54) is 7.11 Å². The highest BCUT2D eigenvalue weighted by Gasteiger charge is 2.57. The number of aromatic hydroxyl groups is 1. The van der Waals surface area contributed by atoms with E-state index >= 15 is 0 Å². The predicted molar refractivity (Wildman–Crippen MR) is 64.2 cm³/mol. The summed E-state index contributed by atoms with van der Waals surface area (Å²) in [6.45, 7) is 4.16. The van der Waals surface area contributed by atoms with Gasteiger partial charge in [0.05, 0.1) is 7.11 Å². The highest BCUT2D eigenvalue weighted by Crippen LogP contribution is 2.60. The zero-order chi connectivity index (χ0) is 12.1. The van der Waals surface area contributed by atoms with Crippen LogP contribution in [0.1, 0.15) is 25.3 Å². The molecule has 4 heteroatoms. The molecule has 0 bridgehead atoms. The molecule has 88 valence electrons. The Morgan fingerprint density at radius 3 is 2.44 bits per heavy atom. The van der Waals surface area contributed by atoms with Gasteiger partial charge < -0.3 is 15.6 Å². The molecule has 1 fully saturated rings. The van der Waals surface area contributed by atoms with Crippen molar-refractivity contribution in [3.05, 3.63) is 22.7 Å². The van der Waals surface area contributed by atoms with Gasteiger partial charge in [-0.15, -0.1) is 0 Å². The van der Waals surface area contributed by atoms with Crippen LogP contribution in [0.3, 0.4) is 0 Å². The summed E-state index contributed by atoms with van der Waals surface area (Å²) in [4.78, 5) is 0. The van der Waals surface area contributed by atoms with E-state index in [-0.39, 0.29) is 23.1 Å². The summed E-state index contributed by atoms with van der Waals surface area (Å²) in [5.74, 6) is 0.690. The van der Waals surface area contributed by atoms with E-state index < -0.39 is 0 Å². The summed E-state index contributed by atoms with van der Waals surface area (Å²) in [5, 5.41) is 10.6. The van der Waals surface area contributed by atoms with Gasteiger partial charge in [-0.1, -0.05) is 25.4 Å². The molecule has 1 aromatic carbocycles. The second-order valence-electron chi connectivity index (χ2n) is 4.87. The molecular formula is C12H16ClNO2. The van der Waals surface area contributed by atoms with Gasteiger partial charge in [0.2, 0.25) is 0 Å². The summed E-state index contributed by atoms with van der Waals surface area (Å²) < 4.78 is 5.07. The fraction of sp³-hybridized carbons (Fsp3) is 0.500. The Hall–Kier alpha value is -0.930. The van der Waals surface area contributed by atoms with Gasteiger partial charge in [-0.05, 0) is 11.5 Å². The van der Waals surface area contributed by atoms with E-state index in [9.17, 15) is 5.11 Å². The Morgan fingerprint density at radius 1 is 1.44 bits per heavy atom. The fourth-order valence-corrected chi connectivity index (χ4v) is 2.48. The van der Waals surface area contributed by atoms with Crippen LogP contribution in [0.15, 0.2) is 12.1 Å². The Bertz CT molecular complexity index is 431. The molecule has 1 saturated carbocycles. The molecule has 1 aromatic rings. The molecule has 0 heterocycles. The average Bonchev–Trinajstić information content (AvgIpc) is 2.70. The van der Waals surface area contributed by atoms with Gasteiger partial charge in [0.25, 0.3) is 0 Å². The molecule has 0 amide bonds. The number of rotatable bonds is 2. The lowest BCUT2D eigenvalue weighted by Gasteiger charge is -2.10. The van der Waals surface area contributed by atoms with Crippen LogP contribution in [0.2, 0.25) is 5.02 Å². The van der Waals surface area contributed by atoms with Crippen molar-refractivity contribution in [2.45, 2.75) is 25.8 Å². The van der Waals surface area contributed by atoms with Gasteiger partial charge in [0, 0.05) is 28.6 Å². The SMILES string of the molecule is COc1cc(Cl)cc(C2C(N)C2(C)C)c1O. The summed E-state index contributed by atoms with van der Waals surface area (Å²) in [6.07, 6.45) is 0. The van der Waals surface area contributed by atoms with Crippen LogP contribution in [-0.4, -0.2) is 18.3 Å². The van der Waals surface area contributed by atoms with Gasteiger partial charge in [0.15, 0.2) is 11.5 Å². The van der Waals surface area contributed by atoms with Gasteiger partial charge in [0.1, 0.15) is 0 Å². The van der Waals surface area contributed by atoms with Gasteiger partial charge >= 0.3 is 0 Å². The first-order valence-corrected chi connectivity index (χ1v) is 5.59. The van der Waals surface area contributed by atoms with Crippen LogP contribution in [0, 0.1) is 5.41 Å². The Morgan fingerprint density at radius 2 is 2.00 bits per heavy atom. The molecule has 3 N–H and O–H groups in total. The Balaban J connectivity index is 2.47. The molecule has 3 nitrogen and oxygen atoms in total. The van der Waals surface area contributed by atoms with Gasteiger partial charge in [-0.3, -0.25) is 0 Å². The van der Waals surface area contributed by atoms with Crippen molar-refractivity contribution in [2.75, 3.05) is 7.11 Å². The van der Waals surface area contributed by atoms with E-state index in [2.05, 4.69) is 13.8 Å². The molecule has 0 aliphatic heterocycles. The molecule has 0 spiro atoms. The van der Waals surface area contributed by atoms with E-state index in [1.807, 2.05) is 0 Å². The van der Waals surface area contributed by atoms with Crippen LogP contribution in [0.4, 0.5) is 0 Å². The lowest BCUT2D eigenvalue weighted by atomic mass is 10.0. The lowest BCUT2D eigenvalue weighted by Crippen LogP contribution is -2.06. The average molecular weight is 242 g/mol. The lowest BCUT2D eigenvalue weighted by molar-refractivity contribution is 0.369. The molecule has 2 unspecified atom stereocenters. The smallest absolute Gasteiger partial charge is 0.162 e. The molecule has 2 atom stereocenters. The largest absolute Gasteiger partial charge is 0.504 e. The van der Waals surface area contributed by atoms with Crippen LogP contribution < -0.4 is 10.5 Å². The molecule has 0 radical (unpaired) electrons. The Kier molecular flexibility index (Phi) is 2.55. The highest BCUT2D eigenvalue weighted by molar-refractivity contribution is 6.30. The highest BCUT2D eigenvalue weighted by atomic mass is 35.5. The number of methoxy groups -OCH3 is 1. The number of ether oxygens (including phenoxy) is 1. The summed E-state index contributed by atoms with van der Waals surface area (Å²) in [7, 11) is 1.51.